The number of hydrogen-bond acceptors (Lipinski definition) is 4. The van der Waals surface area contributed by atoms with Crippen molar-refractivity contribution in [2.75, 3.05) is 0 Å². The van der Waals surface area contributed by atoms with Gasteiger partial charge in [0.1, 0.15) is 6.07 Å². The van der Waals surface area contributed by atoms with Crippen molar-refractivity contribution in [2.45, 2.75) is 12.4 Å². The highest BCUT2D eigenvalue weighted by Gasteiger charge is 2.53. The van der Waals surface area contributed by atoms with E-state index in [9.17, 15) is 47.4 Å². The Bertz CT molecular complexity index is 1690. The van der Waals surface area contributed by atoms with Crippen LogP contribution in [0, 0.1) is 71.6 Å². The minimum absolute atomic E-state index is 1.12. The third kappa shape index (κ3) is 3.33. The third-order valence-electron chi connectivity index (χ3n) is 5.37. The fourth-order valence-corrected chi connectivity index (χ4v) is 4.22. The molecule has 0 bridgehead atoms. The number of rotatable bonds is 0. The molecule has 38 heavy (non-hydrogen) atoms. The van der Waals surface area contributed by atoms with Crippen LogP contribution in [0.1, 0.15) is 33.4 Å². The standard InChI is InChI=1S/C24F6N8/c1-35-11(7-33)13-9(5-31)10(6-32)14-16(13)20(24(28,29)30)18-17(19(14)23(25,26)27)15(12(8-34)36-2)21(37-3)22(18)38-4/b13-11-,15-12-. The molecule has 0 aromatic heterocycles. The first-order chi connectivity index (χ1) is 17.8. The highest BCUT2D eigenvalue weighted by Crippen LogP contribution is 2.60. The molecule has 14 heteroatoms. The largest absolute Gasteiger partial charge is 0.417 e. The number of nitrogens with zero attached hydrogens (tertiary/aromatic N) is 8. The topological polar surface area (TPSA) is 113 Å². The summed E-state index contributed by atoms with van der Waals surface area (Å²) in [7, 11) is 0. The summed E-state index contributed by atoms with van der Waals surface area (Å²) < 4.78 is 88.0. The molecular weight excluding hydrogens is 514 g/mol. The van der Waals surface area contributed by atoms with Gasteiger partial charge in [0.2, 0.25) is 5.70 Å². The first kappa shape index (κ1) is 26.3. The van der Waals surface area contributed by atoms with Gasteiger partial charge in [0, 0.05) is 11.1 Å². The maximum absolute atomic E-state index is 14.7. The zero-order valence-electron chi connectivity index (χ0n) is 17.8. The Morgan fingerprint density at radius 1 is 0.579 bits per heavy atom. The summed E-state index contributed by atoms with van der Waals surface area (Å²) >= 11 is 0. The van der Waals surface area contributed by atoms with Gasteiger partial charge >= 0.3 is 12.4 Å². The Morgan fingerprint density at radius 3 is 1.37 bits per heavy atom. The van der Waals surface area contributed by atoms with Gasteiger partial charge in [0.05, 0.1) is 66.8 Å². The van der Waals surface area contributed by atoms with Gasteiger partial charge in [-0.1, -0.05) is 0 Å². The quantitative estimate of drug-likeness (QED) is 0.228. The number of fused-ring (bicyclic) bond motifs is 2. The molecule has 0 radical (unpaired) electrons. The van der Waals surface area contributed by atoms with Crippen LogP contribution in [0.25, 0.3) is 41.8 Å². The second kappa shape index (κ2) is 8.72. The lowest BCUT2D eigenvalue weighted by Gasteiger charge is -2.25. The second-order valence-electron chi connectivity index (χ2n) is 7.03. The van der Waals surface area contributed by atoms with E-state index in [-0.39, 0.29) is 0 Å². The Kier molecular flexibility index (Phi) is 6.03. The van der Waals surface area contributed by atoms with Crippen molar-refractivity contribution in [1.29, 1.82) is 21.0 Å². The van der Waals surface area contributed by atoms with E-state index in [4.69, 9.17) is 26.3 Å². The Balaban J connectivity index is 3.03. The maximum Gasteiger partial charge on any atom is 0.417 e. The maximum atomic E-state index is 14.7. The number of nitriles is 4. The summed E-state index contributed by atoms with van der Waals surface area (Å²) in [5.74, 6) is 0. The Hall–Kier alpha value is -6.32. The SMILES string of the molecule is [C-]#[N+]C1=C([N+]#[C-])c2c(c(C(F)(F)F)c3c(c2C(F)(F)F)/C(=C(/C#N)[N+]#[C-])C(C#N)=C3C#N)/C1=C(\C#N)[N+]#[C-]. The average Bonchev–Trinajstić information content (AvgIpc) is 3.34. The number of allylic oxidation sites excluding steroid dienone is 6. The summed E-state index contributed by atoms with van der Waals surface area (Å²) in [6, 6.07) is 4.93. The van der Waals surface area contributed by atoms with Crippen LogP contribution in [0.2, 0.25) is 0 Å². The first-order valence-corrected chi connectivity index (χ1v) is 9.32. The lowest BCUT2D eigenvalue weighted by Crippen LogP contribution is -2.20. The molecule has 0 amide bonds. The Labute approximate surface area is 208 Å². The average molecular weight is 514 g/mol. The van der Waals surface area contributed by atoms with Crippen LogP contribution in [0.5, 0.6) is 0 Å². The normalized spacial score (nSPS) is 16.4. The predicted octanol–water partition coefficient (Wildman–Crippen LogP) is 6.37. The molecule has 178 valence electrons. The van der Waals surface area contributed by atoms with E-state index in [1.54, 1.807) is 0 Å². The molecule has 0 saturated carbocycles. The summed E-state index contributed by atoms with van der Waals surface area (Å²) in [6.45, 7) is 29.0. The Morgan fingerprint density at radius 2 is 1.00 bits per heavy atom. The minimum atomic E-state index is -5.65. The van der Waals surface area contributed by atoms with Crippen molar-refractivity contribution in [3.8, 4) is 24.3 Å². The van der Waals surface area contributed by atoms with E-state index in [0.29, 0.717) is 0 Å². The second-order valence-corrected chi connectivity index (χ2v) is 7.03. The molecule has 2 aliphatic carbocycles. The highest BCUT2D eigenvalue weighted by molar-refractivity contribution is 6.15. The van der Waals surface area contributed by atoms with Gasteiger partial charge in [-0.3, -0.25) is 4.85 Å². The van der Waals surface area contributed by atoms with E-state index in [1.807, 2.05) is 0 Å². The fourth-order valence-electron chi connectivity index (χ4n) is 4.22. The molecule has 0 spiro atoms. The molecule has 1 aromatic carbocycles. The molecule has 1 aromatic rings. The van der Waals surface area contributed by atoms with E-state index in [2.05, 4.69) is 19.4 Å². The summed E-state index contributed by atoms with van der Waals surface area (Å²) in [6.07, 6.45) is -11.3. The van der Waals surface area contributed by atoms with Crippen LogP contribution in [0.3, 0.4) is 0 Å². The third-order valence-corrected chi connectivity index (χ3v) is 5.37. The van der Waals surface area contributed by atoms with Crippen LogP contribution >= 0.6 is 0 Å². The van der Waals surface area contributed by atoms with Gasteiger partial charge in [-0.15, -0.1) is 0 Å². The molecular formula is C24F6N8. The van der Waals surface area contributed by atoms with Crippen molar-refractivity contribution < 1.29 is 26.3 Å². The number of alkyl halides is 6. The van der Waals surface area contributed by atoms with Gasteiger partial charge in [-0.25, -0.2) is 25.1 Å². The summed E-state index contributed by atoms with van der Waals surface area (Å²) in [5.41, 5.74) is -19.8. The van der Waals surface area contributed by atoms with Crippen molar-refractivity contribution in [3.05, 3.63) is 102 Å². The van der Waals surface area contributed by atoms with Crippen molar-refractivity contribution in [2.24, 2.45) is 0 Å². The molecule has 0 aliphatic heterocycles. The van der Waals surface area contributed by atoms with Gasteiger partial charge in [0.25, 0.3) is 11.4 Å². The summed E-state index contributed by atoms with van der Waals surface area (Å²) in [5, 5.41) is 37.9. The van der Waals surface area contributed by atoms with Crippen molar-refractivity contribution >= 4 is 22.4 Å². The van der Waals surface area contributed by atoms with Crippen LogP contribution in [0.4, 0.5) is 26.3 Å². The monoisotopic (exact) mass is 514 g/mol. The van der Waals surface area contributed by atoms with Crippen molar-refractivity contribution in [1.82, 2.24) is 0 Å². The molecule has 0 atom stereocenters. The lowest BCUT2D eigenvalue weighted by molar-refractivity contribution is -0.141. The molecule has 8 nitrogen and oxygen atoms in total. The molecule has 0 fully saturated rings. The first-order valence-electron chi connectivity index (χ1n) is 9.32. The van der Waals surface area contributed by atoms with Crippen LogP contribution in [0.15, 0.2) is 22.7 Å². The van der Waals surface area contributed by atoms with Crippen LogP contribution < -0.4 is 0 Å². The number of benzene rings is 1. The number of hydrogen-bond donors (Lipinski definition) is 0. The fraction of sp³-hybridized carbons (Fsp3) is 0.0833. The van der Waals surface area contributed by atoms with E-state index < -0.39 is 90.8 Å². The highest BCUT2D eigenvalue weighted by atomic mass is 19.4. The molecule has 0 N–H and O–H groups in total. The molecule has 2 aliphatic rings. The summed E-state index contributed by atoms with van der Waals surface area (Å²) in [4.78, 5) is 11.1. The van der Waals surface area contributed by atoms with Gasteiger partial charge in [0.15, 0.2) is 5.70 Å². The van der Waals surface area contributed by atoms with Crippen LogP contribution in [-0.2, 0) is 12.4 Å². The molecule has 0 unspecified atom stereocenters. The van der Waals surface area contributed by atoms with Gasteiger partial charge in [-0.05, 0) is 22.3 Å². The lowest BCUT2D eigenvalue weighted by atomic mass is 9.83. The van der Waals surface area contributed by atoms with Crippen LogP contribution in [-0.4, -0.2) is 0 Å². The van der Waals surface area contributed by atoms with E-state index in [0.717, 1.165) is 0 Å². The predicted molar refractivity (Wildman–Crippen MR) is 113 cm³/mol. The smallest absolute Gasteiger partial charge is 0.251 e. The number of halogens is 6. The van der Waals surface area contributed by atoms with Gasteiger partial charge < -0.3 is 0 Å². The van der Waals surface area contributed by atoms with Gasteiger partial charge in [-0.2, -0.15) is 36.9 Å². The zero-order chi connectivity index (χ0) is 28.7. The van der Waals surface area contributed by atoms with Crippen molar-refractivity contribution in [3.63, 3.8) is 0 Å². The minimum Gasteiger partial charge on any atom is -0.251 e. The van der Waals surface area contributed by atoms with E-state index >= 15 is 0 Å². The molecule has 0 saturated heterocycles. The molecule has 3 rings (SSSR count). The molecule has 0 heterocycles. The zero-order valence-corrected chi connectivity index (χ0v) is 17.8. The van der Waals surface area contributed by atoms with E-state index in [1.165, 1.54) is 24.3 Å².